The number of aromatic hydroxyl groups is 1. The molecule has 1 heterocycles. The topological polar surface area (TPSA) is 57.6 Å². The Kier molecular flexibility index (Phi) is 5.06. The van der Waals surface area contributed by atoms with Crippen LogP contribution in [0.5, 0.6) is 5.75 Å². The number of hydrogen-bond donors (Lipinski definition) is 1. The van der Waals surface area contributed by atoms with Gasteiger partial charge in [0.1, 0.15) is 5.75 Å². The first kappa shape index (κ1) is 18.9. The Balaban J connectivity index is 1.66. The molecule has 1 aliphatic rings. The quantitative estimate of drug-likeness (QED) is 0.511. The minimum atomic E-state index is -0.418. The maximum absolute atomic E-state index is 12.8. The molecule has 2 amide bonds. The predicted octanol–water partition coefficient (Wildman–Crippen LogP) is 6.09. The van der Waals surface area contributed by atoms with Crippen LogP contribution >= 0.6 is 35.0 Å². The third kappa shape index (κ3) is 3.49. The highest BCUT2D eigenvalue weighted by molar-refractivity contribution is 8.18. The van der Waals surface area contributed by atoms with E-state index < -0.39 is 5.91 Å². The van der Waals surface area contributed by atoms with Crippen molar-refractivity contribution in [2.75, 3.05) is 0 Å². The maximum atomic E-state index is 12.8. The molecule has 0 aliphatic carbocycles. The van der Waals surface area contributed by atoms with Crippen molar-refractivity contribution in [2.45, 2.75) is 6.54 Å². The molecule has 0 unspecified atom stereocenters. The molecule has 28 heavy (non-hydrogen) atoms. The summed E-state index contributed by atoms with van der Waals surface area (Å²) in [6.45, 7) is 0.172. The fourth-order valence-corrected chi connectivity index (χ4v) is 4.41. The smallest absolute Gasteiger partial charge is 0.293 e. The zero-order valence-corrected chi connectivity index (χ0v) is 16.7. The molecular formula is C21H13Cl2NO3S. The third-order valence-corrected chi connectivity index (χ3v) is 5.84. The van der Waals surface area contributed by atoms with Gasteiger partial charge in [-0.15, -0.1) is 0 Å². The zero-order valence-electron chi connectivity index (χ0n) is 14.4. The standard InChI is InChI=1S/C21H13Cl2NO3S/c22-15-8-14(19(25)17(23)10-15)9-18-20(26)24(21(27)28-18)11-13-6-3-5-12-4-1-2-7-16(12)13/h1-10,25H,11H2/b18-9+. The highest BCUT2D eigenvalue weighted by atomic mass is 35.5. The Morgan fingerprint density at radius 1 is 1.04 bits per heavy atom. The van der Waals surface area contributed by atoms with Gasteiger partial charge in [-0.25, -0.2) is 0 Å². The highest BCUT2D eigenvalue weighted by Crippen LogP contribution is 2.38. The fraction of sp³-hybridized carbons (Fsp3) is 0.0476. The second-order valence-electron chi connectivity index (χ2n) is 6.23. The van der Waals surface area contributed by atoms with E-state index in [0.29, 0.717) is 5.02 Å². The van der Waals surface area contributed by atoms with Crippen LogP contribution in [0.2, 0.25) is 10.0 Å². The van der Waals surface area contributed by atoms with Gasteiger partial charge in [-0.2, -0.15) is 0 Å². The number of phenols is 1. The van der Waals surface area contributed by atoms with Crippen molar-refractivity contribution >= 4 is 63.0 Å². The van der Waals surface area contributed by atoms with Gasteiger partial charge in [0.15, 0.2) is 0 Å². The molecule has 1 saturated heterocycles. The van der Waals surface area contributed by atoms with E-state index in [0.717, 1.165) is 28.1 Å². The van der Waals surface area contributed by atoms with Gasteiger partial charge < -0.3 is 5.11 Å². The molecule has 0 bridgehead atoms. The lowest BCUT2D eigenvalue weighted by atomic mass is 10.0. The van der Waals surface area contributed by atoms with Crippen molar-refractivity contribution < 1.29 is 14.7 Å². The van der Waals surface area contributed by atoms with E-state index in [1.807, 2.05) is 42.5 Å². The number of thioether (sulfide) groups is 1. The van der Waals surface area contributed by atoms with Gasteiger partial charge in [0.25, 0.3) is 11.1 Å². The van der Waals surface area contributed by atoms with E-state index in [2.05, 4.69) is 0 Å². The lowest BCUT2D eigenvalue weighted by Gasteiger charge is -2.14. The van der Waals surface area contributed by atoms with E-state index in [9.17, 15) is 14.7 Å². The van der Waals surface area contributed by atoms with Crippen molar-refractivity contribution in [3.63, 3.8) is 0 Å². The summed E-state index contributed by atoms with van der Waals surface area (Å²) >= 11 is 12.7. The summed E-state index contributed by atoms with van der Waals surface area (Å²) in [5.74, 6) is -0.606. The first-order chi connectivity index (χ1) is 13.4. The molecule has 4 rings (SSSR count). The van der Waals surface area contributed by atoms with Gasteiger partial charge in [0.05, 0.1) is 16.5 Å². The summed E-state index contributed by atoms with van der Waals surface area (Å²) in [5.41, 5.74) is 1.17. The van der Waals surface area contributed by atoms with Gasteiger partial charge in [-0.1, -0.05) is 65.7 Å². The van der Waals surface area contributed by atoms with Crippen LogP contribution in [0.25, 0.3) is 16.8 Å². The van der Waals surface area contributed by atoms with Crippen LogP contribution < -0.4 is 0 Å². The summed E-state index contributed by atoms with van der Waals surface area (Å²) in [7, 11) is 0. The molecule has 3 aromatic carbocycles. The molecule has 0 atom stereocenters. The summed E-state index contributed by atoms with van der Waals surface area (Å²) in [6, 6.07) is 16.5. The van der Waals surface area contributed by atoms with Crippen molar-refractivity contribution in [1.82, 2.24) is 4.90 Å². The van der Waals surface area contributed by atoms with E-state index in [1.165, 1.54) is 23.1 Å². The minimum absolute atomic E-state index is 0.0775. The van der Waals surface area contributed by atoms with Crippen LogP contribution in [0, 0.1) is 0 Å². The molecule has 1 fully saturated rings. The number of phenolic OH excluding ortho intramolecular Hbond substituents is 1. The Morgan fingerprint density at radius 3 is 2.61 bits per heavy atom. The molecule has 0 saturated carbocycles. The largest absolute Gasteiger partial charge is 0.506 e. The maximum Gasteiger partial charge on any atom is 0.293 e. The van der Waals surface area contributed by atoms with Crippen LogP contribution in [0.4, 0.5) is 4.79 Å². The van der Waals surface area contributed by atoms with Gasteiger partial charge in [0, 0.05) is 10.6 Å². The number of halogens is 2. The van der Waals surface area contributed by atoms with Crippen LogP contribution in [-0.4, -0.2) is 21.2 Å². The molecular weight excluding hydrogens is 417 g/mol. The molecule has 7 heteroatoms. The summed E-state index contributed by atoms with van der Waals surface area (Å²) in [5, 5.41) is 12.2. The Morgan fingerprint density at radius 2 is 1.79 bits per heavy atom. The Bertz CT molecular complexity index is 1150. The van der Waals surface area contributed by atoms with Gasteiger partial charge in [-0.3, -0.25) is 14.5 Å². The number of imide groups is 1. The number of nitrogens with zero attached hydrogens (tertiary/aromatic N) is 1. The first-order valence-corrected chi connectivity index (χ1v) is 9.91. The highest BCUT2D eigenvalue weighted by Gasteiger charge is 2.35. The van der Waals surface area contributed by atoms with Crippen LogP contribution in [0.1, 0.15) is 11.1 Å². The molecule has 1 aliphatic heterocycles. The predicted molar refractivity (Wildman–Crippen MR) is 114 cm³/mol. The number of hydrogen-bond acceptors (Lipinski definition) is 4. The number of fused-ring (bicyclic) bond motifs is 1. The zero-order chi connectivity index (χ0) is 19.8. The molecule has 4 nitrogen and oxygen atoms in total. The summed E-state index contributed by atoms with van der Waals surface area (Å²) in [4.78, 5) is 26.7. The number of carbonyl (C=O) groups excluding carboxylic acids is 2. The van der Waals surface area contributed by atoms with Crippen molar-refractivity contribution in [1.29, 1.82) is 0 Å². The van der Waals surface area contributed by atoms with Crippen LogP contribution in [0.3, 0.4) is 0 Å². The SMILES string of the molecule is O=C1S/C(=C/c2cc(Cl)cc(Cl)c2O)C(=O)N1Cc1cccc2ccccc12. The van der Waals surface area contributed by atoms with E-state index in [4.69, 9.17) is 23.2 Å². The van der Waals surface area contributed by atoms with Gasteiger partial charge in [0.2, 0.25) is 0 Å². The normalized spacial score (nSPS) is 15.8. The molecule has 140 valence electrons. The Labute approximate surface area is 175 Å². The van der Waals surface area contributed by atoms with E-state index >= 15 is 0 Å². The number of amides is 2. The second-order valence-corrected chi connectivity index (χ2v) is 8.07. The van der Waals surface area contributed by atoms with Gasteiger partial charge in [-0.05, 0) is 46.3 Å². The van der Waals surface area contributed by atoms with E-state index in [1.54, 1.807) is 0 Å². The summed E-state index contributed by atoms with van der Waals surface area (Å²) < 4.78 is 0. The second kappa shape index (κ2) is 7.51. The first-order valence-electron chi connectivity index (χ1n) is 8.34. The number of benzene rings is 3. The fourth-order valence-electron chi connectivity index (χ4n) is 3.07. The lowest BCUT2D eigenvalue weighted by Crippen LogP contribution is -2.27. The average Bonchev–Trinajstić information content (AvgIpc) is 2.93. The molecule has 0 spiro atoms. The molecule has 1 N–H and O–H groups in total. The number of rotatable bonds is 3. The summed E-state index contributed by atoms with van der Waals surface area (Å²) in [6.07, 6.45) is 1.43. The third-order valence-electron chi connectivity index (χ3n) is 4.43. The van der Waals surface area contributed by atoms with Crippen LogP contribution in [0.15, 0.2) is 59.5 Å². The van der Waals surface area contributed by atoms with Crippen molar-refractivity contribution in [3.05, 3.63) is 80.7 Å². The molecule has 0 radical (unpaired) electrons. The van der Waals surface area contributed by atoms with Gasteiger partial charge >= 0.3 is 0 Å². The lowest BCUT2D eigenvalue weighted by molar-refractivity contribution is -0.123. The molecule has 0 aromatic heterocycles. The van der Waals surface area contributed by atoms with Crippen molar-refractivity contribution in [2.24, 2.45) is 0 Å². The van der Waals surface area contributed by atoms with Crippen molar-refractivity contribution in [3.8, 4) is 5.75 Å². The molecule has 3 aromatic rings. The minimum Gasteiger partial charge on any atom is -0.506 e. The number of carbonyl (C=O) groups is 2. The van der Waals surface area contributed by atoms with Crippen LogP contribution in [-0.2, 0) is 11.3 Å². The van der Waals surface area contributed by atoms with E-state index in [-0.39, 0.29) is 33.0 Å². The Hall–Kier alpha value is -2.47. The average molecular weight is 430 g/mol. The monoisotopic (exact) mass is 429 g/mol.